The maximum absolute atomic E-state index is 13.6. The molecular weight excluding hydrogens is 419 g/mol. The lowest BCUT2D eigenvalue weighted by atomic mass is 10.1. The molecule has 8 heteroatoms. The molecule has 0 saturated heterocycles. The molecule has 3 heterocycles. The van der Waals surface area contributed by atoms with Gasteiger partial charge in [0.25, 0.3) is 5.91 Å². The van der Waals surface area contributed by atoms with Gasteiger partial charge in [-0.05, 0) is 69.3 Å². The molecule has 0 aliphatic heterocycles. The lowest BCUT2D eigenvalue weighted by Gasteiger charge is -2.28. The first-order chi connectivity index (χ1) is 16.0. The van der Waals surface area contributed by atoms with Crippen LogP contribution in [0.1, 0.15) is 30.0 Å². The van der Waals surface area contributed by atoms with Crippen molar-refractivity contribution >= 4 is 5.91 Å². The summed E-state index contributed by atoms with van der Waals surface area (Å²) >= 11 is 0. The van der Waals surface area contributed by atoms with E-state index in [0.29, 0.717) is 30.2 Å². The summed E-state index contributed by atoms with van der Waals surface area (Å²) in [5.74, 6) is 0.00377. The number of halogens is 1. The largest absolute Gasteiger partial charge is 0.333 e. The van der Waals surface area contributed by atoms with Gasteiger partial charge in [0.2, 0.25) is 0 Å². The molecule has 1 aromatic carbocycles. The number of aryl methyl sites for hydroxylation is 1. The fourth-order valence-corrected chi connectivity index (χ4v) is 3.74. The highest BCUT2D eigenvalue weighted by molar-refractivity contribution is 5.98. The molecule has 168 valence electrons. The molecule has 4 aromatic rings. The number of carbonyl (C=O) groups is 1. The van der Waals surface area contributed by atoms with Gasteiger partial charge in [-0.15, -0.1) is 0 Å². The zero-order chi connectivity index (χ0) is 23.4. The Morgan fingerprint density at radius 1 is 1.09 bits per heavy atom. The molecular formula is C25H25FN6O. The molecule has 0 aliphatic rings. The molecule has 3 aromatic heterocycles. The Balaban J connectivity index is 1.56. The molecule has 0 saturated carbocycles. The predicted molar refractivity (Wildman–Crippen MR) is 124 cm³/mol. The molecule has 33 heavy (non-hydrogen) atoms. The Morgan fingerprint density at radius 2 is 1.82 bits per heavy atom. The van der Waals surface area contributed by atoms with Gasteiger partial charge < -0.3 is 4.90 Å². The van der Waals surface area contributed by atoms with Gasteiger partial charge in [-0.1, -0.05) is 0 Å². The summed E-state index contributed by atoms with van der Waals surface area (Å²) in [6, 6.07) is 13.4. The predicted octanol–water partition coefficient (Wildman–Crippen LogP) is 4.40. The van der Waals surface area contributed by atoms with Crippen LogP contribution in [0.4, 0.5) is 4.39 Å². The number of carbonyl (C=O) groups excluding carboxylic acids is 1. The van der Waals surface area contributed by atoms with Crippen LogP contribution in [0, 0.1) is 12.7 Å². The normalized spacial score (nSPS) is 11.9. The third-order valence-electron chi connectivity index (χ3n) is 5.41. The van der Waals surface area contributed by atoms with E-state index in [2.05, 4.69) is 20.1 Å². The summed E-state index contributed by atoms with van der Waals surface area (Å²) < 4.78 is 15.0. The van der Waals surface area contributed by atoms with Crippen LogP contribution >= 0.6 is 0 Å². The summed E-state index contributed by atoms with van der Waals surface area (Å²) in [6.07, 6.45) is 5.15. The van der Waals surface area contributed by atoms with Crippen LogP contribution in [-0.2, 0) is 6.54 Å². The van der Waals surface area contributed by atoms with Gasteiger partial charge in [-0.2, -0.15) is 5.10 Å². The number of rotatable bonds is 7. The summed E-state index contributed by atoms with van der Waals surface area (Å²) in [7, 11) is 0. The van der Waals surface area contributed by atoms with Gasteiger partial charge in [-0.3, -0.25) is 9.48 Å². The smallest absolute Gasteiger partial charge is 0.273 e. The molecule has 0 radical (unpaired) electrons. The van der Waals surface area contributed by atoms with E-state index in [-0.39, 0.29) is 17.8 Å². The van der Waals surface area contributed by atoms with Crippen LogP contribution in [0.5, 0.6) is 0 Å². The van der Waals surface area contributed by atoms with Crippen molar-refractivity contribution in [1.82, 2.24) is 29.6 Å². The number of nitrogens with zero attached hydrogens (tertiary/aromatic N) is 6. The van der Waals surface area contributed by atoms with Crippen LogP contribution in [0.25, 0.3) is 22.6 Å². The molecule has 0 unspecified atom stereocenters. The van der Waals surface area contributed by atoms with E-state index >= 15 is 0 Å². The zero-order valence-electron chi connectivity index (χ0n) is 18.8. The SMILES string of the molecule is CCN(C(=O)c1nc(C)ccc1-c1ncccn1)[C@@H](C)Cn1ccc(-c2ccc(F)cc2)n1. The van der Waals surface area contributed by atoms with Crippen molar-refractivity contribution in [1.29, 1.82) is 0 Å². The second-order valence-corrected chi connectivity index (χ2v) is 7.79. The summed E-state index contributed by atoms with van der Waals surface area (Å²) in [6.45, 7) is 6.79. The van der Waals surface area contributed by atoms with Crippen LogP contribution in [-0.4, -0.2) is 48.1 Å². The molecule has 1 atom stereocenters. The molecule has 4 rings (SSSR count). The van der Waals surface area contributed by atoms with Gasteiger partial charge in [0, 0.05) is 42.4 Å². The van der Waals surface area contributed by atoms with Gasteiger partial charge in [-0.25, -0.2) is 19.3 Å². The van der Waals surface area contributed by atoms with Crippen LogP contribution in [0.15, 0.2) is 67.1 Å². The minimum absolute atomic E-state index is 0.143. The number of hydrogen-bond acceptors (Lipinski definition) is 5. The maximum atomic E-state index is 13.6. The first kappa shape index (κ1) is 22.3. The molecule has 0 bridgehead atoms. The second-order valence-electron chi connectivity index (χ2n) is 7.79. The lowest BCUT2D eigenvalue weighted by Crippen LogP contribution is -2.41. The molecule has 7 nitrogen and oxygen atoms in total. The fraction of sp³-hybridized carbons (Fsp3) is 0.240. The third-order valence-corrected chi connectivity index (χ3v) is 5.41. The quantitative estimate of drug-likeness (QED) is 0.422. The number of pyridine rings is 1. The van der Waals surface area contributed by atoms with Crippen LogP contribution in [0.2, 0.25) is 0 Å². The number of aromatic nitrogens is 5. The Morgan fingerprint density at radius 3 is 2.52 bits per heavy atom. The Labute approximate surface area is 192 Å². The number of benzene rings is 1. The summed E-state index contributed by atoms with van der Waals surface area (Å²) in [4.78, 5) is 28.5. The van der Waals surface area contributed by atoms with Crippen molar-refractivity contribution in [3.63, 3.8) is 0 Å². The van der Waals surface area contributed by atoms with Gasteiger partial charge in [0.1, 0.15) is 11.5 Å². The first-order valence-electron chi connectivity index (χ1n) is 10.8. The van der Waals surface area contributed by atoms with Crippen molar-refractivity contribution < 1.29 is 9.18 Å². The monoisotopic (exact) mass is 444 g/mol. The van der Waals surface area contributed by atoms with Crippen molar-refractivity contribution in [2.45, 2.75) is 33.4 Å². The highest BCUT2D eigenvalue weighted by Crippen LogP contribution is 2.22. The minimum Gasteiger partial charge on any atom is -0.333 e. The zero-order valence-corrected chi connectivity index (χ0v) is 18.8. The van der Waals surface area contributed by atoms with E-state index in [1.165, 1.54) is 12.1 Å². The highest BCUT2D eigenvalue weighted by atomic mass is 19.1. The molecule has 0 N–H and O–H groups in total. The number of likely N-dealkylation sites (N-methyl/N-ethyl adjacent to an activating group) is 1. The fourth-order valence-electron chi connectivity index (χ4n) is 3.74. The topological polar surface area (TPSA) is 76.8 Å². The lowest BCUT2D eigenvalue weighted by molar-refractivity contribution is 0.0679. The van der Waals surface area contributed by atoms with Gasteiger partial charge in [0.05, 0.1) is 17.8 Å². The van der Waals surface area contributed by atoms with E-state index in [0.717, 1.165) is 17.0 Å². The number of amides is 1. The van der Waals surface area contributed by atoms with Crippen molar-refractivity contribution in [2.75, 3.05) is 6.54 Å². The van der Waals surface area contributed by atoms with E-state index in [9.17, 15) is 9.18 Å². The number of hydrogen-bond donors (Lipinski definition) is 0. The Hall–Kier alpha value is -3.94. The molecule has 0 fully saturated rings. The van der Waals surface area contributed by atoms with Crippen LogP contribution in [0.3, 0.4) is 0 Å². The molecule has 0 spiro atoms. The van der Waals surface area contributed by atoms with Crippen molar-refractivity contribution in [3.8, 4) is 22.6 Å². The van der Waals surface area contributed by atoms with E-state index in [4.69, 9.17) is 0 Å². The second kappa shape index (κ2) is 9.68. The van der Waals surface area contributed by atoms with Crippen LogP contribution < -0.4 is 0 Å². The van der Waals surface area contributed by atoms with Crippen molar-refractivity contribution in [2.24, 2.45) is 0 Å². The first-order valence-corrected chi connectivity index (χ1v) is 10.8. The highest BCUT2D eigenvalue weighted by Gasteiger charge is 2.25. The third kappa shape index (κ3) is 4.95. The summed E-state index contributed by atoms with van der Waals surface area (Å²) in [5.41, 5.74) is 3.28. The van der Waals surface area contributed by atoms with E-state index in [1.807, 2.05) is 45.2 Å². The molecule has 1 amide bonds. The maximum Gasteiger partial charge on any atom is 0.273 e. The van der Waals surface area contributed by atoms with Crippen molar-refractivity contribution in [3.05, 3.63) is 84.3 Å². The standard InChI is InChI=1S/C25H25FN6O/c1-4-32(18(3)16-31-15-12-22(30-31)19-7-9-20(26)10-8-19)25(33)23-21(11-6-17(2)29-23)24-27-13-5-14-28-24/h5-15,18H,4,16H2,1-3H3/t18-/m0/s1. The Bertz CT molecular complexity index is 1240. The minimum atomic E-state index is -0.283. The average molecular weight is 445 g/mol. The average Bonchev–Trinajstić information content (AvgIpc) is 3.28. The van der Waals surface area contributed by atoms with Gasteiger partial charge in [0.15, 0.2) is 5.82 Å². The van der Waals surface area contributed by atoms with Gasteiger partial charge >= 0.3 is 0 Å². The summed E-state index contributed by atoms with van der Waals surface area (Å²) in [5, 5.41) is 4.60. The Kier molecular flexibility index (Phi) is 6.53. The molecule has 0 aliphatic carbocycles. The van der Waals surface area contributed by atoms with E-state index < -0.39 is 0 Å². The van der Waals surface area contributed by atoms with E-state index in [1.54, 1.807) is 40.2 Å².